The number of rotatable bonds is 2. The van der Waals surface area contributed by atoms with E-state index in [-0.39, 0.29) is 27.7 Å². The Balaban J connectivity index is 1.28. The van der Waals surface area contributed by atoms with Gasteiger partial charge in [0.2, 0.25) is 0 Å². The first-order valence-corrected chi connectivity index (χ1v) is 12.3. The Morgan fingerprint density at radius 1 is 1.05 bits per heavy atom. The number of likely N-dealkylation sites (tertiary alicyclic amines) is 1. The van der Waals surface area contributed by atoms with E-state index < -0.39 is 17.2 Å². The zero-order valence-electron chi connectivity index (χ0n) is 20.6. The van der Waals surface area contributed by atoms with E-state index in [9.17, 15) is 9.18 Å². The van der Waals surface area contributed by atoms with Gasteiger partial charge in [-0.25, -0.2) is 23.5 Å². The van der Waals surface area contributed by atoms with Crippen molar-refractivity contribution >= 4 is 45.2 Å². The van der Waals surface area contributed by atoms with Crippen molar-refractivity contribution in [1.29, 1.82) is 0 Å². The number of pyridine rings is 1. The van der Waals surface area contributed by atoms with Crippen LogP contribution in [-0.4, -0.2) is 57.7 Å². The number of halogens is 3. The van der Waals surface area contributed by atoms with Crippen molar-refractivity contribution in [2.24, 2.45) is 5.41 Å². The lowest BCUT2D eigenvalue weighted by Gasteiger charge is -2.60. The van der Waals surface area contributed by atoms with Crippen LogP contribution in [0.4, 0.5) is 19.4 Å². The molecule has 0 bridgehead atoms. The smallest absolute Gasteiger partial charge is 0.410 e. The molecule has 2 aromatic carbocycles. The molecule has 0 radical (unpaired) electrons. The predicted octanol–water partition coefficient (Wildman–Crippen LogP) is 5.83. The van der Waals surface area contributed by atoms with Gasteiger partial charge in [-0.2, -0.15) is 0 Å². The normalized spacial score (nSPS) is 16.7. The molecule has 2 saturated heterocycles. The summed E-state index contributed by atoms with van der Waals surface area (Å²) >= 11 is 6.26. The minimum atomic E-state index is -0.621. The number of benzene rings is 2. The summed E-state index contributed by atoms with van der Waals surface area (Å²) in [6.45, 7) is 8.11. The number of carbonyl (C=O) groups excluding carboxylic acids is 1. The average Bonchev–Trinajstić information content (AvgIpc) is 2.79. The fraction of sp³-hybridized carbons (Fsp3) is 0.333. The molecule has 2 aromatic heterocycles. The first-order chi connectivity index (χ1) is 17.6. The fourth-order valence-electron chi connectivity index (χ4n) is 5.26. The summed E-state index contributed by atoms with van der Waals surface area (Å²) in [5.41, 5.74) is 0.00409. The monoisotopic (exact) mass is 523 g/mol. The number of aromatic nitrogens is 3. The largest absolute Gasteiger partial charge is 0.444 e. The zero-order valence-corrected chi connectivity index (χ0v) is 21.3. The second-order valence-electron chi connectivity index (χ2n) is 10.8. The number of carbonyl (C=O) groups is 1. The molecular weight excluding hydrogens is 500 g/mol. The summed E-state index contributed by atoms with van der Waals surface area (Å²) in [7, 11) is 0. The van der Waals surface area contributed by atoms with Crippen molar-refractivity contribution in [1.82, 2.24) is 19.9 Å². The van der Waals surface area contributed by atoms with E-state index in [1.54, 1.807) is 35.4 Å². The molecule has 10 heteroatoms. The number of amides is 1. The summed E-state index contributed by atoms with van der Waals surface area (Å²) in [4.78, 5) is 29.0. The van der Waals surface area contributed by atoms with Crippen molar-refractivity contribution in [3.8, 4) is 11.3 Å². The maximum atomic E-state index is 15.8. The topological polar surface area (TPSA) is 71.5 Å². The minimum absolute atomic E-state index is 0.0239. The minimum Gasteiger partial charge on any atom is -0.444 e. The number of ether oxygens (including phenoxy) is 1. The summed E-state index contributed by atoms with van der Waals surface area (Å²) in [6.07, 6.45) is 2.57. The maximum absolute atomic E-state index is 15.8. The number of hydrogen-bond acceptors (Lipinski definition) is 6. The lowest BCUT2D eigenvalue weighted by molar-refractivity contribution is -0.0454. The number of hydrogen-bond donors (Lipinski definition) is 0. The van der Waals surface area contributed by atoms with Gasteiger partial charge in [-0.15, -0.1) is 0 Å². The van der Waals surface area contributed by atoms with Gasteiger partial charge in [-0.3, -0.25) is 4.98 Å². The van der Waals surface area contributed by atoms with Crippen LogP contribution in [0.2, 0.25) is 5.02 Å². The third-order valence-electron chi connectivity index (χ3n) is 6.85. The molecule has 0 unspecified atom stereocenters. The number of fused-ring (bicyclic) bond motifs is 2. The predicted molar refractivity (Wildman–Crippen MR) is 138 cm³/mol. The van der Waals surface area contributed by atoms with Crippen molar-refractivity contribution < 1.29 is 18.3 Å². The lowest BCUT2D eigenvalue weighted by Crippen LogP contribution is -2.73. The molecule has 0 saturated carbocycles. The Morgan fingerprint density at radius 3 is 2.54 bits per heavy atom. The molecule has 37 heavy (non-hydrogen) atoms. The Hall–Kier alpha value is -3.59. The Bertz CT molecular complexity index is 1580. The molecule has 2 fully saturated rings. The van der Waals surface area contributed by atoms with E-state index in [0.717, 1.165) is 0 Å². The van der Waals surface area contributed by atoms with Gasteiger partial charge in [0.05, 0.1) is 10.4 Å². The van der Waals surface area contributed by atoms with Gasteiger partial charge in [-0.1, -0.05) is 35.9 Å². The second-order valence-corrected chi connectivity index (χ2v) is 11.2. The van der Waals surface area contributed by atoms with Gasteiger partial charge in [0, 0.05) is 48.7 Å². The molecule has 2 aliphatic rings. The molecule has 4 aromatic rings. The fourth-order valence-corrected chi connectivity index (χ4v) is 5.53. The standard InChI is InChI=1S/C27H24ClF2N5O2/c1-26(2,3)37-25(36)35-12-27(13-35)10-34(11-27)24-17-9-31-22(21(30)23(17)32-14-33-24)16-6-4-5-15-7-8-18(29)20(28)19(15)16/h4-9,14H,10-13H2,1-3H3. The van der Waals surface area contributed by atoms with Crippen LogP contribution in [0.1, 0.15) is 20.8 Å². The van der Waals surface area contributed by atoms with Crippen LogP contribution in [-0.2, 0) is 4.74 Å². The second kappa shape index (κ2) is 8.21. The summed E-state index contributed by atoms with van der Waals surface area (Å²) < 4.78 is 35.5. The molecular formula is C27H24ClF2N5O2. The van der Waals surface area contributed by atoms with E-state index >= 15 is 4.39 Å². The van der Waals surface area contributed by atoms with Gasteiger partial charge in [0.25, 0.3) is 0 Å². The van der Waals surface area contributed by atoms with Gasteiger partial charge >= 0.3 is 6.09 Å². The lowest BCUT2D eigenvalue weighted by atomic mass is 9.73. The van der Waals surface area contributed by atoms with E-state index in [1.165, 1.54) is 12.4 Å². The Morgan fingerprint density at radius 2 is 1.81 bits per heavy atom. The third-order valence-corrected chi connectivity index (χ3v) is 7.22. The van der Waals surface area contributed by atoms with Crippen LogP contribution in [0.15, 0.2) is 42.9 Å². The van der Waals surface area contributed by atoms with Crippen molar-refractivity contribution in [2.45, 2.75) is 26.4 Å². The Kier molecular flexibility index (Phi) is 5.28. The summed E-state index contributed by atoms with van der Waals surface area (Å²) in [5, 5.41) is 1.48. The maximum Gasteiger partial charge on any atom is 0.410 e. The highest BCUT2D eigenvalue weighted by molar-refractivity contribution is 6.36. The molecule has 2 aliphatic heterocycles. The van der Waals surface area contributed by atoms with Gasteiger partial charge in [0.1, 0.15) is 34.8 Å². The molecule has 1 amide bonds. The van der Waals surface area contributed by atoms with E-state index in [1.807, 2.05) is 25.7 Å². The van der Waals surface area contributed by atoms with Crippen LogP contribution in [0.3, 0.4) is 0 Å². The van der Waals surface area contributed by atoms with Crippen molar-refractivity contribution in [3.05, 3.63) is 59.5 Å². The molecule has 1 spiro atoms. The van der Waals surface area contributed by atoms with Crippen LogP contribution in [0.25, 0.3) is 32.9 Å². The third kappa shape index (κ3) is 3.92. The Labute approximate surface area is 217 Å². The van der Waals surface area contributed by atoms with Crippen LogP contribution >= 0.6 is 11.6 Å². The molecule has 6 rings (SSSR count). The molecule has 0 atom stereocenters. The first-order valence-electron chi connectivity index (χ1n) is 11.9. The van der Waals surface area contributed by atoms with E-state index in [2.05, 4.69) is 15.0 Å². The number of anilines is 1. The summed E-state index contributed by atoms with van der Waals surface area (Å²) in [6, 6.07) is 8.09. The number of nitrogens with zero attached hydrogens (tertiary/aromatic N) is 5. The highest BCUT2D eigenvalue weighted by atomic mass is 35.5. The van der Waals surface area contributed by atoms with Crippen molar-refractivity contribution in [3.63, 3.8) is 0 Å². The first kappa shape index (κ1) is 23.8. The van der Waals surface area contributed by atoms with Gasteiger partial charge in [0.15, 0.2) is 5.82 Å². The van der Waals surface area contributed by atoms with Crippen molar-refractivity contribution in [2.75, 3.05) is 31.1 Å². The SMILES string of the molecule is CC(C)(C)OC(=O)N1CC2(C1)CN(c1ncnc3c(F)c(-c4cccc5ccc(F)c(Cl)c45)ncc13)C2. The highest BCUT2D eigenvalue weighted by Crippen LogP contribution is 2.44. The van der Waals surface area contributed by atoms with Gasteiger partial charge < -0.3 is 14.5 Å². The van der Waals surface area contributed by atoms with E-state index in [0.29, 0.717) is 53.7 Å². The molecule has 190 valence electrons. The molecule has 0 aliphatic carbocycles. The summed E-state index contributed by atoms with van der Waals surface area (Å²) in [5.74, 6) is -0.615. The quantitative estimate of drug-likeness (QED) is 0.329. The average molecular weight is 524 g/mol. The molecule has 4 heterocycles. The highest BCUT2D eigenvalue weighted by Gasteiger charge is 2.54. The van der Waals surface area contributed by atoms with Crippen LogP contribution < -0.4 is 4.90 Å². The van der Waals surface area contributed by atoms with E-state index in [4.69, 9.17) is 16.3 Å². The zero-order chi connectivity index (χ0) is 26.1. The van der Waals surface area contributed by atoms with Crippen LogP contribution in [0.5, 0.6) is 0 Å². The molecule has 0 N–H and O–H groups in total. The van der Waals surface area contributed by atoms with Gasteiger partial charge in [-0.05, 0) is 32.2 Å². The molecule has 7 nitrogen and oxygen atoms in total. The van der Waals surface area contributed by atoms with Crippen LogP contribution in [0, 0.1) is 17.0 Å².